The monoisotopic (exact) mass is 248 g/mol. The maximum Gasteiger partial charge on any atom is 0.313 e. The van der Waals surface area contributed by atoms with Gasteiger partial charge in [0.1, 0.15) is 10.9 Å². The summed E-state index contributed by atoms with van der Waals surface area (Å²) in [6.45, 7) is 1.98. The summed E-state index contributed by atoms with van der Waals surface area (Å²) in [5.41, 5.74) is 0.868. The Hall–Kier alpha value is -1.62. The van der Waals surface area contributed by atoms with Gasteiger partial charge in [0.25, 0.3) is 0 Å². The van der Waals surface area contributed by atoms with Crippen LogP contribution in [0.3, 0.4) is 0 Å². The van der Waals surface area contributed by atoms with Gasteiger partial charge in [0, 0.05) is 11.8 Å². The van der Waals surface area contributed by atoms with Crippen molar-refractivity contribution in [3.8, 4) is 0 Å². The predicted molar refractivity (Wildman–Crippen MR) is 67.3 cm³/mol. The first kappa shape index (κ1) is 11.9. The third-order valence-corrected chi connectivity index (χ3v) is 3.24. The predicted octanol–water partition coefficient (Wildman–Crippen LogP) is 2.37. The second-order valence-corrected chi connectivity index (χ2v) is 4.46. The highest BCUT2D eigenvalue weighted by molar-refractivity contribution is 8.00. The lowest BCUT2D eigenvalue weighted by Gasteiger charge is -2.05. The van der Waals surface area contributed by atoms with Crippen LogP contribution in [-0.4, -0.2) is 26.8 Å². The molecule has 1 aromatic carbocycles. The number of hydrogen-bond acceptors (Lipinski definition) is 4. The maximum absolute atomic E-state index is 10.6. The van der Waals surface area contributed by atoms with Gasteiger partial charge >= 0.3 is 5.97 Å². The van der Waals surface area contributed by atoms with Crippen molar-refractivity contribution in [1.29, 1.82) is 0 Å². The minimum absolute atomic E-state index is 0.0180. The zero-order valence-corrected chi connectivity index (χ0v) is 10.2. The molecule has 1 N–H and O–H groups in total. The molecule has 0 atom stereocenters. The first-order chi connectivity index (χ1) is 8.20. The summed E-state index contributed by atoms with van der Waals surface area (Å²) in [5.74, 6) is -0.0724. The summed E-state index contributed by atoms with van der Waals surface area (Å²) in [6.07, 6.45) is 0.742. The molecule has 0 radical (unpaired) electrons. The Kier molecular flexibility index (Phi) is 3.58. The number of aromatic nitrogens is 2. The maximum atomic E-state index is 10.6. The van der Waals surface area contributed by atoms with Crippen LogP contribution in [0.5, 0.6) is 0 Å². The van der Waals surface area contributed by atoms with Crippen molar-refractivity contribution in [3.05, 3.63) is 30.1 Å². The van der Waals surface area contributed by atoms with E-state index in [-0.39, 0.29) is 5.75 Å². The topological polar surface area (TPSA) is 63.1 Å². The summed E-state index contributed by atoms with van der Waals surface area (Å²) < 4.78 is 0. The second-order valence-electron chi connectivity index (χ2n) is 3.50. The molecule has 0 aliphatic heterocycles. The van der Waals surface area contributed by atoms with Crippen LogP contribution in [0.2, 0.25) is 0 Å². The average molecular weight is 248 g/mol. The molecular weight excluding hydrogens is 236 g/mol. The van der Waals surface area contributed by atoms with Crippen molar-refractivity contribution in [3.63, 3.8) is 0 Å². The van der Waals surface area contributed by atoms with Crippen LogP contribution in [0.15, 0.2) is 29.3 Å². The van der Waals surface area contributed by atoms with Gasteiger partial charge in [-0.05, 0) is 6.07 Å². The summed E-state index contributed by atoms with van der Waals surface area (Å²) in [5, 5.41) is 10.4. The highest BCUT2D eigenvalue weighted by atomic mass is 32.2. The van der Waals surface area contributed by atoms with Crippen molar-refractivity contribution in [2.75, 3.05) is 5.75 Å². The molecule has 0 aliphatic carbocycles. The van der Waals surface area contributed by atoms with Crippen LogP contribution in [0.25, 0.3) is 10.9 Å². The highest BCUT2D eigenvalue weighted by Crippen LogP contribution is 2.25. The van der Waals surface area contributed by atoms with E-state index in [9.17, 15) is 4.79 Å². The molecule has 1 heterocycles. The third kappa shape index (κ3) is 2.74. The molecule has 5 heteroatoms. The van der Waals surface area contributed by atoms with Crippen LogP contribution >= 0.6 is 11.8 Å². The molecule has 0 fully saturated rings. The Balaban J connectivity index is 2.46. The number of hydrogen-bond donors (Lipinski definition) is 1. The van der Waals surface area contributed by atoms with E-state index in [1.165, 1.54) is 11.8 Å². The van der Waals surface area contributed by atoms with Gasteiger partial charge in [0.15, 0.2) is 0 Å². The Bertz CT molecular complexity index is 557. The minimum atomic E-state index is -0.837. The molecule has 0 saturated carbocycles. The van der Waals surface area contributed by atoms with Crippen LogP contribution < -0.4 is 0 Å². The fourth-order valence-corrected chi connectivity index (χ4v) is 2.25. The minimum Gasteiger partial charge on any atom is -0.481 e. The number of para-hydroxylation sites is 1. The molecule has 0 spiro atoms. The van der Waals surface area contributed by atoms with Crippen molar-refractivity contribution < 1.29 is 9.90 Å². The number of nitrogens with zero attached hydrogens (tertiary/aromatic N) is 2. The molecule has 17 heavy (non-hydrogen) atoms. The lowest BCUT2D eigenvalue weighted by molar-refractivity contribution is -0.133. The van der Waals surface area contributed by atoms with E-state index >= 15 is 0 Å². The molecule has 1 aromatic heterocycles. The molecule has 0 amide bonds. The first-order valence-corrected chi connectivity index (χ1v) is 6.29. The zero-order valence-electron chi connectivity index (χ0n) is 9.38. The number of fused-ring (bicyclic) bond motifs is 1. The van der Waals surface area contributed by atoms with E-state index in [4.69, 9.17) is 5.11 Å². The van der Waals surface area contributed by atoms with Gasteiger partial charge in [-0.3, -0.25) is 4.79 Å². The quantitative estimate of drug-likeness (QED) is 0.664. The van der Waals surface area contributed by atoms with Gasteiger partial charge in [-0.25, -0.2) is 9.97 Å². The van der Waals surface area contributed by atoms with Gasteiger partial charge in [-0.15, -0.1) is 0 Å². The van der Waals surface area contributed by atoms with Gasteiger partial charge < -0.3 is 5.11 Å². The number of carbonyl (C=O) groups is 1. The average Bonchev–Trinajstić information content (AvgIpc) is 2.35. The van der Waals surface area contributed by atoms with Gasteiger partial charge in [0.05, 0.1) is 11.3 Å². The standard InChI is InChI=1S/C12H12N2O2S/c1-2-10-13-9-6-4-3-5-8(9)12(14-10)17-7-11(15)16/h3-6H,2,7H2,1H3,(H,15,16). The van der Waals surface area contributed by atoms with Crippen molar-refractivity contribution in [1.82, 2.24) is 9.97 Å². The Morgan fingerprint density at radius 3 is 2.82 bits per heavy atom. The number of aliphatic carboxylic acids is 1. The fourth-order valence-electron chi connectivity index (χ4n) is 1.49. The summed E-state index contributed by atoms with van der Waals surface area (Å²) in [7, 11) is 0. The van der Waals surface area contributed by atoms with Gasteiger partial charge in [-0.1, -0.05) is 36.9 Å². The van der Waals surface area contributed by atoms with Crippen molar-refractivity contribution >= 4 is 28.6 Å². The highest BCUT2D eigenvalue weighted by Gasteiger charge is 2.08. The van der Waals surface area contributed by atoms with Gasteiger partial charge in [-0.2, -0.15) is 0 Å². The molecule has 0 aliphatic rings. The van der Waals surface area contributed by atoms with Crippen molar-refractivity contribution in [2.45, 2.75) is 18.4 Å². The van der Waals surface area contributed by atoms with Crippen molar-refractivity contribution in [2.24, 2.45) is 0 Å². The molecular formula is C12H12N2O2S. The number of rotatable bonds is 4. The van der Waals surface area contributed by atoms with Crippen LogP contribution in [0, 0.1) is 0 Å². The SMILES string of the molecule is CCc1nc(SCC(=O)O)c2ccccc2n1. The molecule has 2 rings (SSSR count). The lowest BCUT2D eigenvalue weighted by Crippen LogP contribution is -2.01. The molecule has 2 aromatic rings. The zero-order chi connectivity index (χ0) is 12.3. The molecule has 0 unspecified atom stereocenters. The largest absolute Gasteiger partial charge is 0.481 e. The van der Waals surface area contributed by atoms with Crippen LogP contribution in [0.1, 0.15) is 12.7 Å². The van der Waals surface area contributed by atoms with E-state index in [0.29, 0.717) is 0 Å². The Morgan fingerprint density at radius 2 is 2.12 bits per heavy atom. The second kappa shape index (κ2) is 5.14. The van der Waals surface area contributed by atoms with Gasteiger partial charge in [0.2, 0.25) is 0 Å². The Morgan fingerprint density at radius 1 is 1.35 bits per heavy atom. The van der Waals surface area contributed by atoms with E-state index in [1.54, 1.807) is 0 Å². The number of thioether (sulfide) groups is 1. The van der Waals surface area contributed by atoms with E-state index < -0.39 is 5.97 Å². The van der Waals surface area contributed by atoms with E-state index in [2.05, 4.69) is 9.97 Å². The van der Waals surface area contributed by atoms with E-state index in [1.807, 2.05) is 31.2 Å². The first-order valence-electron chi connectivity index (χ1n) is 5.31. The van der Waals surface area contributed by atoms with Crippen LogP contribution in [-0.2, 0) is 11.2 Å². The van der Waals surface area contributed by atoms with E-state index in [0.717, 1.165) is 28.2 Å². The normalized spacial score (nSPS) is 10.6. The number of benzene rings is 1. The molecule has 4 nitrogen and oxygen atoms in total. The fraction of sp³-hybridized carbons (Fsp3) is 0.250. The molecule has 88 valence electrons. The Labute approximate surface area is 103 Å². The number of aryl methyl sites for hydroxylation is 1. The summed E-state index contributed by atoms with van der Waals surface area (Å²) in [6, 6.07) is 7.66. The number of carboxylic acids is 1. The lowest BCUT2D eigenvalue weighted by atomic mass is 10.2. The molecule has 0 bridgehead atoms. The third-order valence-electron chi connectivity index (χ3n) is 2.26. The molecule has 0 saturated heterocycles. The van der Waals surface area contributed by atoms with Crippen LogP contribution in [0.4, 0.5) is 0 Å². The number of carboxylic acid groups (broad SMARTS) is 1. The summed E-state index contributed by atoms with van der Waals surface area (Å²) in [4.78, 5) is 19.4. The summed E-state index contributed by atoms with van der Waals surface area (Å²) >= 11 is 1.24. The smallest absolute Gasteiger partial charge is 0.313 e.